The zero-order chi connectivity index (χ0) is 31.6. The van der Waals surface area contributed by atoms with Crippen molar-refractivity contribution in [3.8, 4) is 5.75 Å². The predicted molar refractivity (Wildman–Crippen MR) is 150 cm³/mol. The number of nitrogens with zero attached hydrogens (tertiary/aromatic N) is 3. The molecular formula is C31H30F6N4O3. The van der Waals surface area contributed by atoms with E-state index >= 15 is 0 Å². The van der Waals surface area contributed by atoms with Crippen molar-refractivity contribution in [2.45, 2.75) is 51.2 Å². The lowest BCUT2D eigenvalue weighted by Crippen LogP contribution is -2.40. The van der Waals surface area contributed by atoms with Gasteiger partial charge in [-0.3, -0.25) is 14.3 Å². The maximum Gasteiger partial charge on any atom is 0.416 e. The van der Waals surface area contributed by atoms with Gasteiger partial charge in [0.15, 0.2) is 0 Å². The summed E-state index contributed by atoms with van der Waals surface area (Å²) in [6, 6.07) is 7.57. The smallest absolute Gasteiger partial charge is 0.416 e. The van der Waals surface area contributed by atoms with Crippen LogP contribution in [-0.2, 0) is 17.5 Å². The minimum Gasteiger partial charge on any atom is -0.486 e. The highest BCUT2D eigenvalue weighted by atomic mass is 19.4. The first-order valence-corrected chi connectivity index (χ1v) is 14.1. The fourth-order valence-corrected chi connectivity index (χ4v) is 5.41. The minimum absolute atomic E-state index is 0.0931. The predicted octanol–water partition coefficient (Wildman–Crippen LogP) is 6.23. The Balaban J connectivity index is 1.11. The molecule has 7 nitrogen and oxygen atoms in total. The highest BCUT2D eigenvalue weighted by Crippen LogP contribution is 2.31. The van der Waals surface area contributed by atoms with Crippen LogP contribution in [0.2, 0.25) is 0 Å². The van der Waals surface area contributed by atoms with Gasteiger partial charge in [0.2, 0.25) is 0 Å². The zero-order valence-corrected chi connectivity index (χ0v) is 23.7. The summed E-state index contributed by atoms with van der Waals surface area (Å²) in [5.41, 5.74) is 1.14. The van der Waals surface area contributed by atoms with Crippen molar-refractivity contribution in [3.05, 3.63) is 83.1 Å². The summed E-state index contributed by atoms with van der Waals surface area (Å²) in [4.78, 5) is 27.2. The molecule has 1 saturated heterocycles. The van der Waals surface area contributed by atoms with Gasteiger partial charge in [-0.05, 0) is 73.7 Å². The van der Waals surface area contributed by atoms with Crippen molar-refractivity contribution >= 4 is 22.7 Å². The number of likely N-dealkylation sites (tertiary alicyclic amines) is 1. The number of halogens is 6. The summed E-state index contributed by atoms with van der Waals surface area (Å²) < 4.78 is 83.3. The number of alkyl halides is 6. The number of carbonyl (C=O) groups excluding carboxylic acids is 2. The van der Waals surface area contributed by atoms with E-state index in [9.17, 15) is 35.9 Å². The highest BCUT2D eigenvalue weighted by molar-refractivity contribution is 6.00. The number of carbonyl (C=O) groups is 2. The van der Waals surface area contributed by atoms with Crippen molar-refractivity contribution in [1.82, 2.24) is 20.0 Å². The summed E-state index contributed by atoms with van der Waals surface area (Å²) in [6.45, 7) is 1.99. The van der Waals surface area contributed by atoms with Crippen LogP contribution in [0.25, 0.3) is 10.9 Å². The van der Waals surface area contributed by atoms with Crippen LogP contribution in [0.3, 0.4) is 0 Å². The van der Waals surface area contributed by atoms with Gasteiger partial charge in [-0.1, -0.05) is 12.2 Å². The molecule has 2 aromatic carbocycles. The van der Waals surface area contributed by atoms with Crippen LogP contribution in [0.5, 0.6) is 5.75 Å². The van der Waals surface area contributed by atoms with Crippen LogP contribution >= 0.6 is 0 Å². The molecule has 234 valence electrons. The molecule has 1 fully saturated rings. The lowest BCUT2D eigenvalue weighted by Gasteiger charge is -2.32. The zero-order valence-electron chi connectivity index (χ0n) is 23.7. The first-order valence-electron chi connectivity index (χ1n) is 14.1. The quantitative estimate of drug-likeness (QED) is 0.318. The molecule has 0 spiro atoms. The monoisotopic (exact) mass is 620 g/mol. The van der Waals surface area contributed by atoms with Gasteiger partial charge in [-0.25, -0.2) is 0 Å². The van der Waals surface area contributed by atoms with Gasteiger partial charge in [-0.2, -0.15) is 31.4 Å². The van der Waals surface area contributed by atoms with Crippen molar-refractivity contribution in [3.63, 3.8) is 0 Å². The van der Waals surface area contributed by atoms with Crippen LogP contribution in [0.4, 0.5) is 26.3 Å². The summed E-state index contributed by atoms with van der Waals surface area (Å²) in [5, 5.41) is 7.17. The third-order valence-electron chi connectivity index (χ3n) is 7.82. The Bertz CT molecular complexity index is 1580. The van der Waals surface area contributed by atoms with Crippen molar-refractivity contribution in [1.29, 1.82) is 0 Å². The number of rotatable bonds is 7. The number of amides is 2. The lowest BCUT2D eigenvalue weighted by atomic mass is 9.95. The number of nitrogens with one attached hydrogen (secondary N) is 1. The summed E-state index contributed by atoms with van der Waals surface area (Å²) in [7, 11) is 0. The Kier molecular flexibility index (Phi) is 8.76. The molecule has 0 radical (unpaired) electrons. The molecule has 44 heavy (non-hydrogen) atoms. The summed E-state index contributed by atoms with van der Waals surface area (Å²) >= 11 is 0. The Morgan fingerprint density at radius 3 is 2.34 bits per heavy atom. The Morgan fingerprint density at radius 1 is 1.02 bits per heavy atom. The average Bonchev–Trinajstić information content (AvgIpc) is 3.39. The van der Waals surface area contributed by atoms with E-state index in [1.807, 2.05) is 5.32 Å². The first-order chi connectivity index (χ1) is 20.8. The standard InChI is InChI=1S/C31H30F6N4O3/c1-19-25(28(42)38-18-30(32,33)34)10-11-27-26(19)17-41(39-27)16-20-12-14-40(15-13-20)29(43)21-2-6-23(7-3-21)44-24-8-4-22(5-9-24)31(35,36)37/h2-6,8-11,17,20,23H,7,12-16,18H2,1H3,(H,38,42). The van der Waals surface area contributed by atoms with Gasteiger partial charge in [0.1, 0.15) is 18.4 Å². The maximum absolute atomic E-state index is 13.1. The number of aromatic nitrogens is 2. The number of benzene rings is 2. The fourth-order valence-electron chi connectivity index (χ4n) is 5.41. The molecule has 0 bridgehead atoms. The van der Waals surface area contributed by atoms with E-state index in [4.69, 9.17) is 4.74 Å². The van der Waals surface area contributed by atoms with Gasteiger partial charge < -0.3 is 15.0 Å². The molecule has 2 aliphatic rings. The Morgan fingerprint density at radius 2 is 1.73 bits per heavy atom. The second-order valence-corrected chi connectivity index (χ2v) is 11.0. The van der Waals surface area contributed by atoms with Crippen molar-refractivity contribution in [2.24, 2.45) is 5.92 Å². The molecule has 2 amide bonds. The summed E-state index contributed by atoms with van der Waals surface area (Å²) in [5.74, 6) is -0.327. The van der Waals surface area contributed by atoms with Crippen LogP contribution < -0.4 is 10.1 Å². The van der Waals surface area contributed by atoms with Gasteiger partial charge >= 0.3 is 12.4 Å². The van der Waals surface area contributed by atoms with E-state index in [-0.39, 0.29) is 17.4 Å². The molecule has 1 aliphatic heterocycles. The van der Waals surface area contributed by atoms with Crippen LogP contribution in [0.15, 0.2) is 66.4 Å². The number of fused-ring (bicyclic) bond motifs is 1. The third kappa shape index (κ3) is 7.43. The normalized spacial score (nSPS) is 17.9. The molecule has 1 atom stereocenters. The number of aryl methyl sites for hydroxylation is 1. The Hall–Kier alpha value is -4.29. The maximum atomic E-state index is 13.1. The summed E-state index contributed by atoms with van der Waals surface area (Å²) in [6.07, 6.45) is -0.412. The molecule has 1 unspecified atom stereocenters. The van der Waals surface area contributed by atoms with Crippen LogP contribution in [0.1, 0.15) is 40.7 Å². The van der Waals surface area contributed by atoms with Crippen molar-refractivity contribution < 1.29 is 40.7 Å². The molecule has 5 rings (SSSR count). The van der Waals surface area contributed by atoms with Gasteiger partial charge in [0.25, 0.3) is 11.8 Å². The van der Waals surface area contributed by atoms with E-state index in [1.54, 1.807) is 47.0 Å². The number of ether oxygens (including phenoxy) is 1. The van der Waals surface area contributed by atoms with E-state index in [2.05, 4.69) is 5.10 Å². The van der Waals surface area contributed by atoms with Gasteiger partial charge in [0, 0.05) is 48.8 Å². The number of piperidine rings is 1. The van der Waals surface area contributed by atoms with Crippen LogP contribution in [-0.4, -0.2) is 58.4 Å². The number of hydrogen-bond acceptors (Lipinski definition) is 4. The van der Waals surface area contributed by atoms with Gasteiger partial charge in [0.05, 0.1) is 11.1 Å². The van der Waals surface area contributed by atoms with E-state index in [0.29, 0.717) is 53.8 Å². The second kappa shape index (κ2) is 12.4. The van der Waals surface area contributed by atoms with Crippen LogP contribution in [0, 0.1) is 12.8 Å². The molecule has 0 saturated carbocycles. The second-order valence-electron chi connectivity index (χ2n) is 11.0. The van der Waals surface area contributed by atoms with Crippen molar-refractivity contribution in [2.75, 3.05) is 19.6 Å². The fraction of sp³-hybridized carbons (Fsp3) is 0.387. The molecule has 3 aromatic rings. The average molecular weight is 621 g/mol. The topological polar surface area (TPSA) is 76.5 Å². The SMILES string of the molecule is Cc1c(C(=O)NCC(F)(F)F)ccc2nn(CC3CCN(C(=O)C4=CCC(Oc5ccc(C(F)(F)F)cc5)C=C4)CC3)cc12. The molecule has 1 aromatic heterocycles. The third-order valence-corrected chi connectivity index (χ3v) is 7.82. The largest absolute Gasteiger partial charge is 0.486 e. The molecule has 1 aliphatic carbocycles. The highest BCUT2D eigenvalue weighted by Gasteiger charge is 2.31. The first kappa shape index (κ1) is 31.1. The molecule has 1 N–H and O–H groups in total. The van der Waals surface area contributed by atoms with Gasteiger partial charge in [-0.15, -0.1) is 0 Å². The lowest BCUT2D eigenvalue weighted by molar-refractivity contribution is -0.137. The molecule has 2 heterocycles. The Labute approximate surface area is 249 Å². The van der Waals surface area contributed by atoms with E-state index < -0.39 is 36.5 Å². The molecule has 13 heteroatoms. The van der Waals surface area contributed by atoms with E-state index in [0.717, 1.165) is 25.0 Å². The van der Waals surface area contributed by atoms with E-state index in [1.165, 1.54) is 18.2 Å². The minimum atomic E-state index is -4.50. The number of hydrogen-bond donors (Lipinski definition) is 1. The molecular weight excluding hydrogens is 590 g/mol.